The van der Waals surface area contributed by atoms with Crippen molar-refractivity contribution < 1.29 is 13.2 Å². The quantitative estimate of drug-likeness (QED) is 0.507. The molecule has 17 heavy (non-hydrogen) atoms. The van der Waals surface area contributed by atoms with Gasteiger partial charge in [-0.2, -0.15) is 13.2 Å². The van der Waals surface area contributed by atoms with Crippen molar-refractivity contribution in [3.63, 3.8) is 0 Å². The van der Waals surface area contributed by atoms with Crippen LogP contribution < -0.4 is 0 Å². The zero-order valence-electron chi connectivity index (χ0n) is 9.36. The molecule has 94 valence electrons. The molecule has 0 fully saturated rings. The number of allylic oxidation sites excluding steroid dienone is 1. The Morgan fingerprint density at radius 2 is 1.94 bits per heavy atom. The smallest absolute Gasteiger partial charge is 0.166 e. The van der Waals surface area contributed by atoms with Crippen LogP contribution in [0.4, 0.5) is 13.2 Å². The highest BCUT2D eigenvalue weighted by Gasteiger charge is 2.30. The Morgan fingerprint density at radius 1 is 1.24 bits per heavy atom. The molecule has 0 aliphatic carbocycles. The van der Waals surface area contributed by atoms with Gasteiger partial charge >= 0.3 is 6.18 Å². The van der Waals surface area contributed by atoms with Gasteiger partial charge in [-0.3, -0.25) is 0 Å². The summed E-state index contributed by atoms with van der Waals surface area (Å²) in [5.41, 5.74) is 0.128. The molecule has 0 amide bonds. The maximum Gasteiger partial charge on any atom is 0.416 e. The van der Waals surface area contributed by atoms with Crippen molar-refractivity contribution in [2.45, 2.75) is 31.9 Å². The minimum Gasteiger partial charge on any atom is -0.166 e. The summed E-state index contributed by atoms with van der Waals surface area (Å²) in [5, 5.41) is 0. The maximum atomic E-state index is 12.5. The molecule has 0 unspecified atom stereocenters. The standard InChI is InChI=1S/C13H14BrF3/c1-2-3-4-5-6-10-9-11(13(15,16)17)7-8-12(10)14/h2,7-9H,1,3-6H2. The zero-order valence-corrected chi connectivity index (χ0v) is 10.9. The Kier molecular flexibility index (Phi) is 5.25. The van der Waals surface area contributed by atoms with Gasteiger partial charge in [-0.05, 0) is 49.4 Å². The Balaban J connectivity index is 2.73. The molecule has 0 N–H and O–H groups in total. The fourth-order valence-electron chi connectivity index (χ4n) is 1.55. The molecule has 4 heteroatoms. The number of hydrogen-bond acceptors (Lipinski definition) is 0. The number of hydrogen-bond donors (Lipinski definition) is 0. The van der Waals surface area contributed by atoms with Gasteiger partial charge < -0.3 is 0 Å². The van der Waals surface area contributed by atoms with E-state index in [9.17, 15) is 13.2 Å². The number of benzene rings is 1. The molecule has 0 nitrogen and oxygen atoms in total. The monoisotopic (exact) mass is 306 g/mol. The first-order chi connectivity index (χ1) is 7.95. The molecule has 1 aromatic carbocycles. The summed E-state index contributed by atoms with van der Waals surface area (Å²) in [6, 6.07) is 3.78. The van der Waals surface area contributed by atoms with E-state index in [1.54, 1.807) is 0 Å². The lowest BCUT2D eigenvalue weighted by atomic mass is 10.0. The Bertz CT molecular complexity index is 383. The molecule has 0 saturated heterocycles. The van der Waals surface area contributed by atoms with Gasteiger partial charge in [-0.1, -0.05) is 22.0 Å². The van der Waals surface area contributed by atoms with Crippen molar-refractivity contribution in [1.82, 2.24) is 0 Å². The van der Waals surface area contributed by atoms with Crippen LogP contribution in [-0.2, 0) is 12.6 Å². The number of alkyl halides is 3. The van der Waals surface area contributed by atoms with Crippen LogP contribution in [0.2, 0.25) is 0 Å². The number of halogens is 4. The first-order valence-electron chi connectivity index (χ1n) is 5.41. The van der Waals surface area contributed by atoms with E-state index in [1.807, 2.05) is 6.08 Å². The second-order valence-electron chi connectivity index (χ2n) is 3.84. The molecule has 0 aliphatic rings. The number of aryl methyl sites for hydroxylation is 1. The van der Waals surface area contributed by atoms with Gasteiger partial charge in [0.2, 0.25) is 0 Å². The van der Waals surface area contributed by atoms with E-state index < -0.39 is 11.7 Å². The predicted octanol–water partition coefficient (Wildman–Crippen LogP) is 5.37. The molecular weight excluding hydrogens is 293 g/mol. The Morgan fingerprint density at radius 3 is 2.53 bits per heavy atom. The third kappa shape index (κ3) is 4.54. The van der Waals surface area contributed by atoms with Crippen molar-refractivity contribution in [3.8, 4) is 0 Å². The summed E-state index contributed by atoms with van der Waals surface area (Å²) >= 11 is 3.28. The van der Waals surface area contributed by atoms with E-state index in [-0.39, 0.29) is 0 Å². The normalized spacial score (nSPS) is 11.5. The van der Waals surface area contributed by atoms with Crippen LogP contribution in [0.3, 0.4) is 0 Å². The third-order valence-electron chi connectivity index (χ3n) is 2.48. The fraction of sp³-hybridized carbons (Fsp3) is 0.385. The van der Waals surface area contributed by atoms with E-state index in [2.05, 4.69) is 22.5 Å². The largest absolute Gasteiger partial charge is 0.416 e. The molecule has 1 rings (SSSR count). The summed E-state index contributed by atoms with van der Waals surface area (Å²) in [6.45, 7) is 3.61. The van der Waals surface area contributed by atoms with Crippen LogP contribution in [0.15, 0.2) is 35.3 Å². The molecule has 0 radical (unpaired) electrons. The van der Waals surface area contributed by atoms with Gasteiger partial charge in [0.1, 0.15) is 0 Å². The lowest BCUT2D eigenvalue weighted by Gasteiger charge is -2.10. The highest BCUT2D eigenvalue weighted by Crippen LogP contribution is 2.32. The fourth-order valence-corrected chi connectivity index (χ4v) is 1.99. The summed E-state index contributed by atoms with van der Waals surface area (Å²) in [4.78, 5) is 0. The van der Waals surface area contributed by atoms with Gasteiger partial charge in [-0.25, -0.2) is 0 Å². The van der Waals surface area contributed by atoms with E-state index in [4.69, 9.17) is 0 Å². The summed E-state index contributed by atoms with van der Waals surface area (Å²) in [5.74, 6) is 0. The second kappa shape index (κ2) is 6.24. The van der Waals surface area contributed by atoms with Gasteiger partial charge in [0.15, 0.2) is 0 Å². The van der Waals surface area contributed by atoms with E-state index >= 15 is 0 Å². The number of unbranched alkanes of at least 4 members (excludes halogenated alkanes) is 2. The van der Waals surface area contributed by atoms with Crippen LogP contribution in [-0.4, -0.2) is 0 Å². The van der Waals surface area contributed by atoms with Crippen molar-refractivity contribution in [2.75, 3.05) is 0 Å². The first-order valence-corrected chi connectivity index (χ1v) is 6.21. The average Bonchev–Trinajstić information content (AvgIpc) is 2.25. The van der Waals surface area contributed by atoms with Crippen LogP contribution >= 0.6 is 15.9 Å². The lowest BCUT2D eigenvalue weighted by molar-refractivity contribution is -0.137. The molecule has 0 bridgehead atoms. The van der Waals surface area contributed by atoms with Crippen molar-refractivity contribution in [1.29, 1.82) is 0 Å². The number of rotatable bonds is 5. The van der Waals surface area contributed by atoms with Gasteiger partial charge in [0.25, 0.3) is 0 Å². The van der Waals surface area contributed by atoms with Crippen LogP contribution in [0.5, 0.6) is 0 Å². The molecule has 0 aliphatic heterocycles. The van der Waals surface area contributed by atoms with Crippen LogP contribution in [0.1, 0.15) is 30.4 Å². The van der Waals surface area contributed by atoms with E-state index in [1.165, 1.54) is 12.1 Å². The van der Waals surface area contributed by atoms with Crippen molar-refractivity contribution in [3.05, 3.63) is 46.5 Å². The summed E-state index contributed by atoms with van der Waals surface area (Å²) < 4.78 is 38.3. The lowest BCUT2D eigenvalue weighted by Crippen LogP contribution is -2.05. The van der Waals surface area contributed by atoms with Crippen LogP contribution in [0, 0.1) is 0 Å². The van der Waals surface area contributed by atoms with Gasteiger partial charge in [-0.15, -0.1) is 6.58 Å². The van der Waals surface area contributed by atoms with Crippen molar-refractivity contribution in [2.24, 2.45) is 0 Å². The Hall–Kier alpha value is -0.770. The molecule has 0 atom stereocenters. The minimum atomic E-state index is -4.27. The Labute approximate surface area is 108 Å². The molecular formula is C13H14BrF3. The highest BCUT2D eigenvalue weighted by atomic mass is 79.9. The first kappa shape index (κ1) is 14.3. The topological polar surface area (TPSA) is 0 Å². The van der Waals surface area contributed by atoms with Gasteiger partial charge in [0.05, 0.1) is 5.56 Å². The van der Waals surface area contributed by atoms with Gasteiger partial charge in [0, 0.05) is 4.47 Å². The molecule has 1 aromatic rings. The molecule has 0 saturated carbocycles. The van der Waals surface area contributed by atoms with E-state index in [0.29, 0.717) is 12.0 Å². The van der Waals surface area contributed by atoms with Crippen LogP contribution in [0.25, 0.3) is 0 Å². The summed E-state index contributed by atoms with van der Waals surface area (Å²) in [6.07, 6.45) is 0.921. The maximum absolute atomic E-state index is 12.5. The van der Waals surface area contributed by atoms with E-state index in [0.717, 1.165) is 29.8 Å². The highest BCUT2D eigenvalue weighted by molar-refractivity contribution is 9.10. The average molecular weight is 307 g/mol. The molecule has 0 aromatic heterocycles. The van der Waals surface area contributed by atoms with Crippen molar-refractivity contribution >= 4 is 15.9 Å². The second-order valence-corrected chi connectivity index (χ2v) is 4.69. The molecule has 0 heterocycles. The SMILES string of the molecule is C=CCCCCc1cc(C(F)(F)F)ccc1Br. The molecule has 0 spiro atoms. The summed E-state index contributed by atoms with van der Waals surface area (Å²) in [7, 11) is 0. The predicted molar refractivity (Wildman–Crippen MR) is 66.9 cm³/mol. The third-order valence-corrected chi connectivity index (χ3v) is 3.25. The minimum absolute atomic E-state index is 0.584. The zero-order chi connectivity index (χ0) is 12.9.